The molecule has 0 rings (SSSR count). The molecule has 0 bridgehead atoms. The van der Waals surface area contributed by atoms with E-state index >= 15 is 0 Å². The number of carbonyl (C=O) groups is 4. The first-order valence-electron chi connectivity index (χ1n) is 37.3. The molecule has 0 fully saturated rings. The molecule has 0 amide bonds. The number of phosphoric ester groups is 2. The lowest BCUT2D eigenvalue weighted by Gasteiger charge is -2.21. The smallest absolute Gasteiger partial charge is 0.462 e. The number of phosphoric acid groups is 2. The zero-order chi connectivity index (χ0) is 67.5. The zero-order valence-corrected chi connectivity index (χ0v) is 61.3. The number of esters is 4. The molecule has 3 N–H and O–H groups in total. The van der Waals surface area contributed by atoms with Gasteiger partial charge in [0.15, 0.2) is 12.2 Å². The normalized spacial score (nSPS) is 15.1. The number of aliphatic hydroxyl groups excluding tert-OH is 1. The monoisotopic (exact) mass is 1340 g/mol. The van der Waals surface area contributed by atoms with E-state index in [4.69, 9.17) is 37.0 Å². The molecule has 0 aromatic rings. The van der Waals surface area contributed by atoms with Crippen LogP contribution < -0.4 is 0 Å². The fourth-order valence-corrected chi connectivity index (χ4v) is 12.3. The molecule has 17 nitrogen and oxygen atoms in total. The maximum absolute atomic E-state index is 13.0. The summed E-state index contributed by atoms with van der Waals surface area (Å²) in [5.41, 5.74) is 0. The molecule has 8 atom stereocenters. The van der Waals surface area contributed by atoms with E-state index in [0.717, 1.165) is 120 Å². The van der Waals surface area contributed by atoms with Crippen molar-refractivity contribution in [1.82, 2.24) is 0 Å². The number of ether oxygens (including phenoxy) is 4. The van der Waals surface area contributed by atoms with E-state index in [1.807, 2.05) is 0 Å². The predicted octanol–water partition coefficient (Wildman–Crippen LogP) is 20.5. The van der Waals surface area contributed by atoms with Gasteiger partial charge in [0.2, 0.25) is 0 Å². The molecule has 0 saturated carbocycles. The number of aliphatic hydroxyl groups is 1. The van der Waals surface area contributed by atoms with E-state index in [1.54, 1.807) is 0 Å². The van der Waals surface area contributed by atoms with Gasteiger partial charge in [-0.3, -0.25) is 37.3 Å². The van der Waals surface area contributed by atoms with Gasteiger partial charge in [0.05, 0.1) is 26.4 Å². The van der Waals surface area contributed by atoms with Gasteiger partial charge >= 0.3 is 39.5 Å². The Hall–Kier alpha value is -1.94. The van der Waals surface area contributed by atoms with Gasteiger partial charge in [0.1, 0.15) is 19.3 Å². The highest BCUT2D eigenvalue weighted by atomic mass is 31.2. The van der Waals surface area contributed by atoms with Crippen LogP contribution in [0.25, 0.3) is 0 Å². The highest BCUT2D eigenvalue weighted by Crippen LogP contribution is 2.45. The molecule has 0 aliphatic rings. The van der Waals surface area contributed by atoms with Crippen LogP contribution >= 0.6 is 15.6 Å². The molecular formula is C72H140O17P2. The van der Waals surface area contributed by atoms with E-state index in [0.29, 0.717) is 31.6 Å². The van der Waals surface area contributed by atoms with Crippen LogP contribution in [-0.4, -0.2) is 96.7 Å². The number of carbonyl (C=O) groups excluding carboxylic acids is 4. The summed E-state index contributed by atoms with van der Waals surface area (Å²) in [5.74, 6) is 0.867. The average Bonchev–Trinajstić information content (AvgIpc) is 3.73. The SMILES string of the molecule is CCC(C)CCCCCCCCCCCCCCCCCCCCC(=O)O[C@H](COC(=O)CCCCCCCCC(C)CC)COP(=O)(O)OC[C@H](O)COP(=O)(O)OC[C@@H](COC(=O)CCCCCCCCC(C)CC)OC(=O)CCCCCCCCC(C)C. The Bertz CT molecular complexity index is 1800. The summed E-state index contributed by atoms with van der Waals surface area (Å²) in [7, 11) is -9.90. The van der Waals surface area contributed by atoms with Crippen LogP contribution in [-0.2, 0) is 65.4 Å². The standard InChI is InChI=1S/C72H140O17P2/c1-9-63(6)49-41-33-24-22-20-18-16-14-12-13-15-17-19-21-23-25-38-46-54-71(76)88-67(58-82-69(74)52-44-36-30-27-34-42-50-64(7)10-2)60-86-90(78,79)84-56-66(73)57-85-91(80,81)87-61-68(89-72(77)55-47-39-29-26-32-40-48-62(4)5)59-83-70(75)53-45-37-31-28-35-43-51-65(8)11-3/h62-68,73H,9-61H2,1-8H3,(H,78,79)(H,80,81)/t63?,64?,65?,66-,67+,68+/m0/s1. The second kappa shape index (κ2) is 61.6. The minimum absolute atomic E-state index is 0.101. The molecule has 0 heterocycles. The fourth-order valence-electron chi connectivity index (χ4n) is 10.7. The van der Waals surface area contributed by atoms with E-state index < -0.39 is 97.5 Å². The van der Waals surface area contributed by atoms with Gasteiger partial charge in [0.25, 0.3) is 0 Å². The lowest BCUT2D eigenvalue weighted by Crippen LogP contribution is -2.30. The van der Waals surface area contributed by atoms with E-state index in [9.17, 15) is 43.2 Å². The minimum Gasteiger partial charge on any atom is -0.462 e. The Labute approximate surface area is 556 Å². The van der Waals surface area contributed by atoms with Crippen LogP contribution in [0.15, 0.2) is 0 Å². The second-order valence-corrected chi connectivity index (χ2v) is 30.1. The first-order chi connectivity index (χ1) is 43.7. The van der Waals surface area contributed by atoms with Crippen molar-refractivity contribution in [2.75, 3.05) is 39.6 Å². The molecule has 0 aromatic heterocycles. The Balaban J connectivity index is 5.14. The molecule has 0 spiro atoms. The van der Waals surface area contributed by atoms with Gasteiger partial charge < -0.3 is 33.8 Å². The summed E-state index contributed by atoms with van der Waals surface area (Å²) in [6.45, 7) is 14.0. The van der Waals surface area contributed by atoms with Gasteiger partial charge in [-0.2, -0.15) is 0 Å². The van der Waals surface area contributed by atoms with Crippen molar-refractivity contribution < 1.29 is 80.2 Å². The molecular weight excluding hydrogens is 1200 g/mol. The van der Waals surface area contributed by atoms with Gasteiger partial charge in [-0.15, -0.1) is 0 Å². The average molecular weight is 1340 g/mol. The number of rotatable bonds is 69. The van der Waals surface area contributed by atoms with Crippen LogP contribution in [0.3, 0.4) is 0 Å². The Morgan fingerprint density at radius 2 is 0.527 bits per heavy atom. The maximum Gasteiger partial charge on any atom is 0.472 e. The Kier molecular flexibility index (Phi) is 60.3. The fraction of sp³-hybridized carbons (Fsp3) is 0.944. The van der Waals surface area contributed by atoms with Crippen molar-refractivity contribution in [3.05, 3.63) is 0 Å². The third-order valence-electron chi connectivity index (χ3n) is 17.7. The zero-order valence-electron chi connectivity index (χ0n) is 59.5. The van der Waals surface area contributed by atoms with E-state index in [2.05, 4.69) is 55.4 Å². The Morgan fingerprint density at radius 1 is 0.308 bits per heavy atom. The molecule has 0 radical (unpaired) electrons. The van der Waals surface area contributed by atoms with Crippen LogP contribution in [0.1, 0.15) is 357 Å². The van der Waals surface area contributed by atoms with Gasteiger partial charge in [-0.1, -0.05) is 306 Å². The summed E-state index contributed by atoms with van der Waals surface area (Å²) in [6.07, 6.45) is 44.8. The van der Waals surface area contributed by atoms with E-state index in [-0.39, 0.29) is 25.7 Å². The lowest BCUT2D eigenvalue weighted by atomic mass is 9.99. The quantitative estimate of drug-likeness (QED) is 0.0222. The molecule has 91 heavy (non-hydrogen) atoms. The molecule has 0 aromatic carbocycles. The molecule has 0 saturated heterocycles. The summed E-state index contributed by atoms with van der Waals surface area (Å²) >= 11 is 0. The van der Waals surface area contributed by atoms with Crippen molar-refractivity contribution in [2.45, 2.75) is 375 Å². The third-order valence-corrected chi connectivity index (χ3v) is 19.6. The molecule has 0 aliphatic heterocycles. The lowest BCUT2D eigenvalue weighted by molar-refractivity contribution is -0.161. The molecule has 540 valence electrons. The van der Waals surface area contributed by atoms with Crippen LogP contribution in [0.5, 0.6) is 0 Å². The topological polar surface area (TPSA) is 237 Å². The van der Waals surface area contributed by atoms with Crippen molar-refractivity contribution in [2.24, 2.45) is 23.7 Å². The van der Waals surface area contributed by atoms with E-state index in [1.165, 1.54) is 148 Å². The third kappa shape index (κ3) is 62.6. The highest BCUT2D eigenvalue weighted by Gasteiger charge is 2.30. The van der Waals surface area contributed by atoms with Crippen molar-refractivity contribution in [3.63, 3.8) is 0 Å². The second-order valence-electron chi connectivity index (χ2n) is 27.2. The summed E-state index contributed by atoms with van der Waals surface area (Å²) < 4.78 is 68.2. The van der Waals surface area contributed by atoms with Crippen molar-refractivity contribution in [3.8, 4) is 0 Å². The van der Waals surface area contributed by atoms with Crippen LogP contribution in [0.4, 0.5) is 0 Å². The van der Waals surface area contributed by atoms with Crippen molar-refractivity contribution >= 4 is 39.5 Å². The summed E-state index contributed by atoms with van der Waals surface area (Å²) in [5, 5.41) is 10.6. The van der Waals surface area contributed by atoms with Crippen molar-refractivity contribution in [1.29, 1.82) is 0 Å². The van der Waals surface area contributed by atoms with Crippen LogP contribution in [0, 0.1) is 23.7 Å². The Morgan fingerprint density at radius 3 is 0.780 bits per heavy atom. The predicted molar refractivity (Wildman–Crippen MR) is 367 cm³/mol. The number of hydrogen-bond acceptors (Lipinski definition) is 15. The van der Waals surface area contributed by atoms with Gasteiger partial charge in [0, 0.05) is 25.7 Å². The largest absolute Gasteiger partial charge is 0.472 e. The van der Waals surface area contributed by atoms with Gasteiger partial charge in [-0.25, -0.2) is 9.13 Å². The highest BCUT2D eigenvalue weighted by molar-refractivity contribution is 7.47. The number of hydrogen-bond donors (Lipinski definition) is 3. The minimum atomic E-state index is -4.95. The first-order valence-corrected chi connectivity index (χ1v) is 40.3. The van der Waals surface area contributed by atoms with Gasteiger partial charge in [-0.05, 0) is 49.4 Å². The van der Waals surface area contributed by atoms with Crippen LogP contribution in [0.2, 0.25) is 0 Å². The summed E-state index contributed by atoms with van der Waals surface area (Å²) in [4.78, 5) is 72.5. The molecule has 19 heteroatoms. The molecule has 5 unspecified atom stereocenters. The molecule has 0 aliphatic carbocycles. The summed E-state index contributed by atoms with van der Waals surface area (Å²) in [6, 6.07) is 0. The number of unbranched alkanes of at least 4 members (excludes halogenated alkanes) is 32. The first kappa shape index (κ1) is 89.1. The maximum atomic E-state index is 13.0.